The lowest BCUT2D eigenvalue weighted by Gasteiger charge is -2.38. The summed E-state index contributed by atoms with van der Waals surface area (Å²) < 4.78 is 30.0. The summed E-state index contributed by atoms with van der Waals surface area (Å²) in [5.74, 6) is 0.343. The van der Waals surface area contributed by atoms with Crippen LogP contribution < -0.4 is 14.4 Å². The van der Waals surface area contributed by atoms with Crippen molar-refractivity contribution < 1.29 is 23.4 Å². The molecular weight excluding hydrogens is 371 g/mol. The quantitative estimate of drug-likeness (QED) is 0.624. The summed E-state index contributed by atoms with van der Waals surface area (Å²) in [6.45, 7) is 1.11. The third kappa shape index (κ3) is 3.40. The van der Waals surface area contributed by atoms with Gasteiger partial charge in [0.05, 0.1) is 43.1 Å². The number of rotatable bonds is 5. The number of ether oxygens (including phenoxy) is 3. The zero-order valence-electron chi connectivity index (χ0n) is 14.8. The van der Waals surface area contributed by atoms with Crippen LogP contribution in [0.1, 0.15) is 10.4 Å². The SMILES string of the molecule is COc1ccc(C(=O)OC2CN(c3nc4ccc(F)cc4s3)C2)cc1OC. The molecule has 0 radical (unpaired) electrons. The molecule has 0 N–H and O–H groups in total. The van der Waals surface area contributed by atoms with Crippen LogP contribution in [-0.4, -0.2) is 44.4 Å². The molecule has 1 aromatic heterocycles. The number of hydrogen-bond donors (Lipinski definition) is 0. The van der Waals surface area contributed by atoms with E-state index >= 15 is 0 Å². The lowest BCUT2D eigenvalue weighted by molar-refractivity contribution is 0.0234. The lowest BCUT2D eigenvalue weighted by Crippen LogP contribution is -2.53. The number of esters is 1. The molecule has 0 atom stereocenters. The lowest BCUT2D eigenvalue weighted by atomic mass is 10.1. The molecule has 1 aliphatic heterocycles. The van der Waals surface area contributed by atoms with E-state index in [1.807, 2.05) is 4.90 Å². The maximum Gasteiger partial charge on any atom is 0.338 e. The summed E-state index contributed by atoms with van der Waals surface area (Å²) in [7, 11) is 3.05. The van der Waals surface area contributed by atoms with Crippen LogP contribution in [0, 0.1) is 5.82 Å². The number of benzene rings is 2. The van der Waals surface area contributed by atoms with Gasteiger partial charge in [0.25, 0.3) is 0 Å². The van der Waals surface area contributed by atoms with Gasteiger partial charge in [-0.05, 0) is 36.4 Å². The fraction of sp³-hybridized carbons (Fsp3) is 0.263. The van der Waals surface area contributed by atoms with E-state index in [1.54, 1.807) is 24.3 Å². The van der Waals surface area contributed by atoms with E-state index in [9.17, 15) is 9.18 Å². The molecule has 27 heavy (non-hydrogen) atoms. The van der Waals surface area contributed by atoms with Crippen molar-refractivity contribution in [3.8, 4) is 11.5 Å². The van der Waals surface area contributed by atoms with Crippen LogP contribution in [-0.2, 0) is 4.74 Å². The van der Waals surface area contributed by atoms with Gasteiger partial charge in [-0.2, -0.15) is 0 Å². The highest BCUT2D eigenvalue weighted by Crippen LogP contribution is 2.33. The fourth-order valence-electron chi connectivity index (χ4n) is 2.87. The highest BCUT2D eigenvalue weighted by molar-refractivity contribution is 7.22. The largest absolute Gasteiger partial charge is 0.493 e. The van der Waals surface area contributed by atoms with Gasteiger partial charge in [-0.3, -0.25) is 0 Å². The van der Waals surface area contributed by atoms with Crippen LogP contribution in [0.4, 0.5) is 9.52 Å². The van der Waals surface area contributed by atoms with Crippen molar-refractivity contribution in [1.29, 1.82) is 0 Å². The minimum atomic E-state index is -0.410. The predicted octanol–water partition coefficient (Wildman–Crippen LogP) is 3.50. The number of hydrogen-bond acceptors (Lipinski definition) is 7. The Balaban J connectivity index is 1.38. The third-order valence-corrected chi connectivity index (χ3v) is 5.43. The first kappa shape index (κ1) is 17.5. The Kier molecular flexibility index (Phi) is 4.57. The zero-order valence-corrected chi connectivity index (χ0v) is 15.6. The average molecular weight is 388 g/mol. The molecule has 3 aromatic rings. The maximum atomic E-state index is 13.3. The first-order valence-corrected chi connectivity index (χ1v) is 9.13. The van der Waals surface area contributed by atoms with E-state index in [-0.39, 0.29) is 11.9 Å². The molecule has 2 heterocycles. The number of carbonyl (C=O) groups excluding carboxylic acids is 1. The van der Waals surface area contributed by atoms with E-state index < -0.39 is 5.97 Å². The van der Waals surface area contributed by atoms with Crippen LogP contribution in [0.25, 0.3) is 10.2 Å². The Morgan fingerprint density at radius 1 is 1.15 bits per heavy atom. The highest BCUT2D eigenvalue weighted by Gasteiger charge is 2.32. The second-order valence-electron chi connectivity index (χ2n) is 6.11. The molecule has 8 heteroatoms. The highest BCUT2D eigenvalue weighted by atomic mass is 32.1. The van der Waals surface area contributed by atoms with Crippen molar-refractivity contribution in [2.24, 2.45) is 0 Å². The van der Waals surface area contributed by atoms with Gasteiger partial charge in [-0.1, -0.05) is 11.3 Å². The first-order chi connectivity index (χ1) is 13.1. The molecule has 0 unspecified atom stereocenters. The number of anilines is 1. The normalized spacial score (nSPS) is 14.1. The molecule has 0 bridgehead atoms. The van der Waals surface area contributed by atoms with Crippen molar-refractivity contribution in [2.45, 2.75) is 6.10 Å². The summed E-state index contributed by atoms with van der Waals surface area (Å²) in [4.78, 5) is 18.9. The van der Waals surface area contributed by atoms with E-state index in [1.165, 1.54) is 37.7 Å². The Morgan fingerprint density at radius 2 is 1.93 bits per heavy atom. The first-order valence-electron chi connectivity index (χ1n) is 8.31. The molecule has 4 rings (SSSR count). The molecule has 0 amide bonds. The van der Waals surface area contributed by atoms with Gasteiger partial charge >= 0.3 is 5.97 Å². The van der Waals surface area contributed by atoms with Crippen molar-refractivity contribution in [1.82, 2.24) is 4.98 Å². The average Bonchev–Trinajstić information content (AvgIpc) is 3.05. The van der Waals surface area contributed by atoms with Gasteiger partial charge in [-0.15, -0.1) is 0 Å². The molecule has 0 spiro atoms. The van der Waals surface area contributed by atoms with Gasteiger partial charge in [-0.25, -0.2) is 14.2 Å². The van der Waals surface area contributed by atoms with Gasteiger partial charge in [0.2, 0.25) is 0 Å². The van der Waals surface area contributed by atoms with E-state index in [0.717, 1.165) is 15.3 Å². The Hall–Kier alpha value is -2.87. The summed E-state index contributed by atoms with van der Waals surface area (Å²) in [6, 6.07) is 9.45. The standard InChI is InChI=1S/C19H17FN2O4S/c1-24-15-6-3-11(7-16(15)25-2)18(23)26-13-9-22(10-13)19-21-14-5-4-12(20)8-17(14)27-19/h3-8,13H,9-10H2,1-2H3. The number of thiazole rings is 1. The molecule has 1 saturated heterocycles. The van der Waals surface area contributed by atoms with Gasteiger partial charge in [0, 0.05) is 0 Å². The Labute approximate surface area is 159 Å². The molecule has 1 fully saturated rings. The van der Waals surface area contributed by atoms with Crippen molar-refractivity contribution in [3.63, 3.8) is 0 Å². The van der Waals surface area contributed by atoms with Crippen LogP contribution in [0.3, 0.4) is 0 Å². The smallest absolute Gasteiger partial charge is 0.338 e. The van der Waals surface area contributed by atoms with Gasteiger partial charge < -0.3 is 19.1 Å². The minimum Gasteiger partial charge on any atom is -0.493 e. The van der Waals surface area contributed by atoms with Crippen LogP contribution in [0.2, 0.25) is 0 Å². The van der Waals surface area contributed by atoms with E-state index in [2.05, 4.69) is 4.98 Å². The number of carbonyl (C=O) groups is 1. The van der Waals surface area contributed by atoms with Crippen molar-refractivity contribution in [2.75, 3.05) is 32.2 Å². The second-order valence-corrected chi connectivity index (χ2v) is 7.12. The number of fused-ring (bicyclic) bond motifs is 1. The Morgan fingerprint density at radius 3 is 2.67 bits per heavy atom. The second kappa shape index (κ2) is 7.03. The maximum absolute atomic E-state index is 13.3. The number of halogens is 1. The molecule has 0 saturated carbocycles. The van der Waals surface area contributed by atoms with Crippen LogP contribution in [0.15, 0.2) is 36.4 Å². The van der Waals surface area contributed by atoms with Crippen molar-refractivity contribution >= 4 is 32.7 Å². The predicted molar refractivity (Wildman–Crippen MR) is 101 cm³/mol. The number of methoxy groups -OCH3 is 2. The van der Waals surface area contributed by atoms with Crippen molar-refractivity contribution in [3.05, 3.63) is 47.8 Å². The molecule has 1 aliphatic rings. The fourth-order valence-corrected chi connectivity index (χ4v) is 3.88. The van der Waals surface area contributed by atoms with E-state index in [4.69, 9.17) is 14.2 Å². The molecular formula is C19H17FN2O4S. The number of aromatic nitrogens is 1. The Bertz CT molecular complexity index is 1000. The van der Waals surface area contributed by atoms with Crippen LogP contribution in [0.5, 0.6) is 11.5 Å². The van der Waals surface area contributed by atoms with E-state index in [0.29, 0.717) is 30.2 Å². The summed E-state index contributed by atoms with van der Waals surface area (Å²) in [6.07, 6.45) is -0.214. The zero-order chi connectivity index (χ0) is 19.0. The van der Waals surface area contributed by atoms with Gasteiger partial charge in [0.1, 0.15) is 11.9 Å². The van der Waals surface area contributed by atoms with Crippen LogP contribution >= 0.6 is 11.3 Å². The monoisotopic (exact) mass is 388 g/mol. The molecule has 0 aliphatic carbocycles. The topological polar surface area (TPSA) is 60.9 Å². The number of nitrogens with zero attached hydrogens (tertiary/aromatic N) is 2. The molecule has 140 valence electrons. The summed E-state index contributed by atoms with van der Waals surface area (Å²) >= 11 is 1.43. The summed E-state index contributed by atoms with van der Waals surface area (Å²) in [5.41, 5.74) is 1.17. The minimum absolute atomic E-state index is 0.214. The molecule has 6 nitrogen and oxygen atoms in total. The van der Waals surface area contributed by atoms with Gasteiger partial charge in [0.15, 0.2) is 16.6 Å². The summed E-state index contributed by atoms with van der Waals surface area (Å²) in [5, 5.41) is 0.800. The molecule has 2 aromatic carbocycles. The third-order valence-electron chi connectivity index (χ3n) is 4.35.